The maximum absolute atomic E-state index is 11.5. The van der Waals surface area contributed by atoms with E-state index < -0.39 is 33.6 Å². The van der Waals surface area contributed by atoms with Crippen molar-refractivity contribution < 1.29 is 33.0 Å². The van der Waals surface area contributed by atoms with E-state index >= 15 is 0 Å². The van der Waals surface area contributed by atoms with Crippen molar-refractivity contribution in [1.82, 2.24) is 0 Å². The minimum Gasteiger partial charge on any atom is -0.424 e. The van der Waals surface area contributed by atoms with Crippen LogP contribution < -0.4 is 0 Å². The summed E-state index contributed by atoms with van der Waals surface area (Å²) in [7, 11) is -0.940. The molecule has 0 fully saturated rings. The zero-order chi connectivity index (χ0) is 17.0. The highest BCUT2D eigenvalue weighted by molar-refractivity contribution is 6.27. The summed E-state index contributed by atoms with van der Waals surface area (Å²) in [5.41, 5.74) is 0. The summed E-state index contributed by atoms with van der Waals surface area (Å²) in [6, 6.07) is 0.438. The number of hydrogen-bond donors (Lipinski definition) is 0. The highest BCUT2D eigenvalue weighted by Gasteiger charge is 2.42. The van der Waals surface area contributed by atoms with Gasteiger partial charge in [0.05, 0.1) is 6.42 Å². The fourth-order valence-corrected chi connectivity index (χ4v) is 2.41. The molecule has 0 saturated heterocycles. The van der Waals surface area contributed by atoms with Crippen molar-refractivity contribution in [2.75, 3.05) is 6.61 Å². The van der Waals surface area contributed by atoms with Gasteiger partial charge in [-0.25, -0.2) is 14.4 Å². The lowest BCUT2D eigenvalue weighted by Crippen LogP contribution is -2.44. The molecule has 0 atom stereocenters. The maximum Gasteiger partial charge on any atom is 0.423 e. The SMILES string of the molecule is C=CC(=O)OC(CC[SiH2]OCC)(OC(=O)C=C)OC(=O)C=C. The van der Waals surface area contributed by atoms with Crippen molar-refractivity contribution in [2.24, 2.45) is 0 Å². The van der Waals surface area contributed by atoms with Crippen molar-refractivity contribution in [3.05, 3.63) is 38.0 Å². The van der Waals surface area contributed by atoms with Crippen LogP contribution in [0.2, 0.25) is 6.04 Å². The zero-order valence-electron chi connectivity index (χ0n) is 12.5. The lowest BCUT2D eigenvalue weighted by atomic mass is 10.4. The summed E-state index contributed by atoms with van der Waals surface area (Å²) in [6.45, 7) is 12.1. The molecule has 0 unspecified atom stereocenters. The van der Waals surface area contributed by atoms with Gasteiger partial charge in [-0.2, -0.15) is 0 Å². The number of hydrogen-bond acceptors (Lipinski definition) is 7. The molecule has 0 aromatic heterocycles. The molecule has 0 rings (SSSR count). The summed E-state index contributed by atoms with van der Waals surface area (Å²) in [5, 5.41) is 0. The number of ether oxygens (including phenoxy) is 3. The van der Waals surface area contributed by atoms with Gasteiger partial charge < -0.3 is 18.6 Å². The van der Waals surface area contributed by atoms with Crippen molar-refractivity contribution in [1.29, 1.82) is 0 Å². The quantitative estimate of drug-likeness (QED) is 0.182. The van der Waals surface area contributed by atoms with Crippen LogP contribution in [0.3, 0.4) is 0 Å². The lowest BCUT2D eigenvalue weighted by Gasteiger charge is -2.30. The molecule has 0 aromatic carbocycles. The van der Waals surface area contributed by atoms with Crippen LogP contribution in [0, 0.1) is 0 Å². The Balaban J connectivity index is 5.25. The van der Waals surface area contributed by atoms with E-state index in [4.69, 9.17) is 18.6 Å². The topological polar surface area (TPSA) is 88.1 Å². The summed E-state index contributed by atoms with van der Waals surface area (Å²) in [4.78, 5) is 34.4. The van der Waals surface area contributed by atoms with Gasteiger partial charge in [0.1, 0.15) is 0 Å². The molecule has 0 spiro atoms. The van der Waals surface area contributed by atoms with Crippen LogP contribution >= 0.6 is 0 Å². The Labute approximate surface area is 131 Å². The van der Waals surface area contributed by atoms with Gasteiger partial charge in [-0.1, -0.05) is 19.7 Å². The Morgan fingerprint density at radius 2 is 1.36 bits per heavy atom. The van der Waals surface area contributed by atoms with Crippen molar-refractivity contribution in [3.63, 3.8) is 0 Å². The molecule has 0 aliphatic rings. The summed E-state index contributed by atoms with van der Waals surface area (Å²) in [6.07, 6.45) is 2.52. The first kappa shape index (κ1) is 19.8. The molecule has 8 heteroatoms. The highest BCUT2D eigenvalue weighted by atomic mass is 28.2. The molecule has 0 saturated carbocycles. The van der Waals surface area contributed by atoms with Gasteiger partial charge in [0.2, 0.25) is 0 Å². The minimum absolute atomic E-state index is 0.0576. The van der Waals surface area contributed by atoms with E-state index in [0.29, 0.717) is 12.7 Å². The van der Waals surface area contributed by atoms with Crippen LogP contribution in [-0.4, -0.2) is 40.3 Å². The molecular weight excluding hydrogens is 308 g/mol. The van der Waals surface area contributed by atoms with E-state index in [1.165, 1.54) is 0 Å². The standard InChI is InChI=1S/C14H20O7Si/c1-5-11(15)19-14(20-12(16)6-2,21-13(17)7-3)9-10-22-18-8-4/h5-7H,1-3,8-10,22H2,4H3. The largest absolute Gasteiger partial charge is 0.424 e. The van der Waals surface area contributed by atoms with Crippen LogP contribution in [0.1, 0.15) is 13.3 Å². The highest BCUT2D eigenvalue weighted by Crippen LogP contribution is 2.24. The Kier molecular flexibility index (Phi) is 9.47. The molecule has 0 N–H and O–H groups in total. The molecule has 22 heavy (non-hydrogen) atoms. The molecule has 122 valence electrons. The Morgan fingerprint density at radius 1 is 0.955 bits per heavy atom. The second-order valence-electron chi connectivity index (χ2n) is 3.86. The van der Waals surface area contributed by atoms with E-state index in [1.807, 2.05) is 6.92 Å². The molecule has 0 heterocycles. The fourth-order valence-electron chi connectivity index (χ4n) is 1.34. The van der Waals surface area contributed by atoms with Gasteiger partial charge in [-0.3, -0.25) is 0 Å². The molecule has 0 aromatic rings. The van der Waals surface area contributed by atoms with E-state index in [0.717, 1.165) is 18.2 Å². The van der Waals surface area contributed by atoms with Gasteiger partial charge >= 0.3 is 23.9 Å². The van der Waals surface area contributed by atoms with E-state index in [2.05, 4.69) is 19.7 Å². The molecule has 0 aliphatic carbocycles. The fraction of sp³-hybridized carbons (Fsp3) is 0.357. The smallest absolute Gasteiger partial charge is 0.423 e. The predicted octanol–water partition coefficient (Wildman–Crippen LogP) is 0.756. The number of esters is 3. The zero-order valence-corrected chi connectivity index (χ0v) is 14.0. The Morgan fingerprint density at radius 3 is 1.68 bits per heavy atom. The van der Waals surface area contributed by atoms with Gasteiger partial charge in [-0.15, -0.1) is 0 Å². The third kappa shape index (κ3) is 7.55. The molecule has 7 nitrogen and oxygen atoms in total. The monoisotopic (exact) mass is 328 g/mol. The molecule has 0 amide bonds. The van der Waals surface area contributed by atoms with Crippen molar-refractivity contribution in [3.8, 4) is 0 Å². The molecular formula is C14H20O7Si. The van der Waals surface area contributed by atoms with Gasteiger partial charge in [-0.05, 0) is 13.0 Å². The first-order chi connectivity index (χ1) is 10.4. The van der Waals surface area contributed by atoms with E-state index in [9.17, 15) is 14.4 Å². The number of carbonyl (C=O) groups excluding carboxylic acids is 3. The Bertz CT molecular complexity index is 389. The lowest BCUT2D eigenvalue weighted by molar-refractivity contribution is -0.325. The number of rotatable bonds is 11. The van der Waals surface area contributed by atoms with E-state index in [1.54, 1.807) is 0 Å². The first-order valence-electron chi connectivity index (χ1n) is 6.57. The van der Waals surface area contributed by atoms with Crippen LogP contribution in [0.5, 0.6) is 0 Å². The average Bonchev–Trinajstić information content (AvgIpc) is 2.51. The second-order valence-corrected chi connectivity index (χ2v) is 5.38. The first-order valence-corrected chi connectivity index (χ1v) is 8.14. The molecule has 0 bridgehead atoms. The summed E-state index contributed by atoms with van der Waals surface area (Å²) >= 11 is 0. The predicted molar refractivity (Wildman–Crippen MR) is 81.2 cm³/mol. The average molecular weight is 328 g/mol. The number of carbonyl (C=O) groups is 3. The van der Waals surface area contributed by atoms with E-state index in [-0.39, 0.29) is 6.42 Å². The van der Waals surface area contributed by atoms with Gasteiger partial charge in [0.25, 0.3) is 0 Å². The summed E-state index contributed by atoms with van der Waals surface area (Å²) in [5.74, 6) is -4.92. The van der Waals surface area contributed by atoms with Crippen LogP contribution in [0.15, 0.2) is 38.0 Å². The van der Waals surface area contributed by atoms with Crippen LogP contribution in [0.25, 0.3) is 0 Å². The van der Waals surface area contributed by atoms with Crippen LogP contribution in [-0.2, 0) is 33.0 Å². The van der Waals surface area contributed by atoms with Crippen molar-refractivity contribution >= 4 is 27.7 Å². The molecule has 0 aliphatic heterocycles. The van der Waals surface area contributed by atoms with Gasteiger partial charge in [0.15, 0.2) is 9.76 Å². The van der Waals surface area contributed by atoms with Crippen LogP contribution in [0.4, 0.5) is 0 Å². The third-order valence-corrected chi connectivity index (χ3v) is 3.58. The molecule has 0 radical (unpaired) electrons. The third-order valence-electron chi connectivity index (χ3n) is 2.24. The Hall–Kier alpha value is -2.19. The summed E-state index contributed by atoms with van der Waals surface area (Å²) < 4.78 is 20.1. The normalized spacial score (nSPS) is 10.8. The minimum atomic E-state index is -2.19. The maximum atomic E-state index is 11.5. The van der Waals surface area contributed by atoms with Gasteiger partial charge in [0, 0.05) is 24.8 Å². The van der Waals surface area contributed by atoms with Crippen molar-refractivity contribution in [2.45, 2.75) is 25.4 Å². The second kappa shape index (κ2) is 10.5.